The van der Waals surface area contributed by atoms with Crippen LogP contribution in [-0.2, 0) is 0 Å². The smallest absolute Gasteiger partial charge is 0.101 e. The Bertz CT molecular complexity index is 1180. The highest BCUT2D eigenvalue weighted by Crippen LogP contribution is 2.44. The topological polar surface area (TPSA) is 25.8 Å². The quantitative estimate of drug-likeness (QED) is 0.337. The molecule has 2 nitrogen and oxygen atoms in total. The molecule has 0 aliphatic rings. The Morgan fingerprint density at radius 2 is 1.33 bits per heavy atom. The van der Waals surface area contributed by atoms with E-state index < -0.39 is 0 Å². The van der Waals surface area contributed by atoms with Gasteiger partial charge >= 0.3 is 0 Å². The van der Waals surface area contributed by atoms with Crippen LogP contribution in [0.15, 0.2) is 107 Å². The molecule has 27 heavy (non-hydrogen) atoms. The summed E-state index contributed by atoms with van der Waals surface area (Å²) in [7, 11) is 0. The second-order valence-corrected chi connectivity index (χ2v) is 7.34. The van der Waals surface area contributed by atoms with E-state index in [-0.39, 0.29) is 0 Å². The lowest BCUT2D eigenvalue weighted by Gasteiger charge is -2.16. The molecule has 2 aromatic heterocycles. The van der Waals surface area contributed by atoms with E-state index in [1.54, 1.807) is 11.8 Å². The van der Waals surface area contributed by atoms with Gasteiger partial charge in [0.25, 0.3) is 0 Å². The molecular formula is C24H16N2S. The molecule has 0 aliphatic carbocycles. The van der Waals surface area contributed by atoms with Crippen LogP contribution < -0.4 is 0 Å². The molecule has 2 heterocycles. The van der Waals surface area contributed by atoms with Crippen molar-refractivity contribution >= 4 is 33.3 Å². The normalized spacial score (nSPS) is 11.1. The van der Waals surface area contributed by atoms with Crippen molar-refractivity contribution in [2.45, 2.75) is 9.92 Å². The molecule has 0 fully saturated rings. The number of pyridine rings is 2. The van der Waals surface area contributed by atoms with Crippen molar-refractivity contribution in [3.8, 4) is 11.1 Å². The van der Waals surface area contributed by atoms with Crippen LogP contribution in [0.3, 0.4) is 0 Å². The number of rotatable bonds is 3. The summed E-state index contributed by atoms with van der Waals surface area (Å²) in [4.78, 5) is 10.2. The molecule has 0 atom stereocenters. The van der Waals surface area contributed by atoms with Crippen LogP contribution in [0.2, 0.25) is 0 Å². The largest absolute Gasteiger partial charge is 0.264 e. The molecule has 5 aromatic rings. The SMILES string of the molecule is c1ccc(-c2c3ccccc3c(Sc3ccccn3)c3ccncc23)cc1. The molecule has 0 bridgehead atoms. The highest BCUT2D eigenvalue weighted by atomic mass is 32.2. The Morgan fingerprint density at radius 3 is 2.15 bits per heavy atom. The van der Waals surface area contributed by atoms with E-state index in [4.69, 9.17) is 0 Å². The number of nitrogens with zero attached hydrogens (tertiary/aromatic N) is 2. The maximum absolute atomic E-state index is 4.52. The van der Waals surface area contributed by atoms with Crippen LogP contribution in [-0.4, -0.2) is 9.97 Å². The zero-order valence-corrected chi connectivity index (χ0v) is 15.4. The minimum Gasteiger partial charge on any atom is -0.264 e. The minimum atomic E-state index is 0.994. The van der Waals surface area contributed by atoms with Crippen molar-refractivity contribution in [2.24, 2.45) is 0 Å². The molecule has 0 amide bonds. The lowest BCUT2D eigenvalue weighted by Crippen LogP contribution is -1.90. The molecule has 3 aromatic carbocycles. The van der Waals surface area contributed by atoms with E-state index in [9.17, 15) is 0 Å². The molecule has 0 saturated carbocycles. The van der Waals surface area contributed by atoms with Crippen LogP contribution in [0.1, 0.15) is 0 Å². The average Bonchev–Trinajstić information content (AvgIpc) is 2.75. The average molecular weight is 364 g/mol. The third-order valence-electron chi connectivity index (χ3n) is 4.68. The fraction of sp³-hybridized carbons (Fsp3) is 0. The summed E-state index contributed by atoms with van der Waals surface area (Å²) >= 11 is 1.71. The molecule has 128 valence electrons. The predicted octanol–water partition coefficient (Wildman–Crippen LogP) is 6.60. The summed E-state index contributed by atoms with van der Waals surface area (Å²) in [6.07, 6.45) is 5.69. The first-order valence-corrected chi connectivity index (χ1v) is 9.66. The van der Waals surface area contributed by atoms with Gasteiger partial charge in [0.05, 0.1) is 0 Å². The van der Waals surface area contributed by atoms with Crippen molar-refractivity contribution in [3.05, 3.63) is 97.5 Å². The van der Waals surface area contributed by atoms with Gasteiger partial charge in [-0.05, 0) is 45.5 Å². The molecule has 0 aliphatic heterocycles. The van der Waals surface area contributed by atoms with Gasteiger partial charge < -0.3 is 0 Å². The first-order valence-electron chi connectivity index (χ1n) is 8.84. The maximum atomic E-state index is 4.52. The van der Waals surface area contributed by atoms with Gasteiger partial charge in [-0.25, -0.2) is 4.98 Å². The molecule has 0 spiro atoms. The molecule has 0 radical (unpaired) electrons. The van der Waals surface area contributed by atoms with Gasteiger partial charge in [0.15, 0.2) is 0 Å². The van der Waals surface area contributed by atoms with E-state index in [1.165, 1.54) is 37.6 Å². The molecular weight excluding hydrogens is 348 g/mol. The highest BCUT2D eigenvalue weighted by Gasteiger charge is 2.16. The lowest BCUT2D eigenvalue weighted by atomic mass is 9.93. The Morgan fingerprint density at radius 1 is 0.593 bits per heavy atom. The molecule has 0 unspecified atom stereocenters. The van der Waals surface area contributed by atoms with Crippen molar-refractivity contribution in [1.29, 1.82) is 0 Å². The van der Waals surface area contributed by atoms with Gasteiger partial charge in [-0.2, -0.15) is 0 Å². The van der Waals surface area contributed by atoms with Gasteiger partial charge in [-0.1, -0.05) is 72.4 Å². The van der Waals surface area contributed by atoms with Gasteiger partial charge in [-0.15, -0.1) is 0 Å². The van der Waals surface area contributed by atoms with Crippen molar-refractivity contribution in [1.82, 2.24) is 9.97 Å². The van der Waals surface area contributed by atoms with Gasteiger partial charge in [-0.3, -0.25) is 4.98 Å². The second kappa shape index (κ2) is 6.86. The fourth-order valence-electron chi connectivity index (χ4n) is 3.52. The molecule has 5 rings (SSSR count). The van der Waals surface area contributed by atoms with Crippen LogP contribution in [0.25, 0.3) is 32.7 Å². The second-order valence-electron chi connectivity index (χ2n) is 6.31. The number of aromatic nitrogens is 2. The third-order valence-corrected chi connectivity index (χ3v) is 5.78. The Kier molecular flexibility index (Phi) is 4.07. The minimum absolute atomic E-state index is 0.994. The summed E-state index contributed by atoms with van der Waals surface area (Å²) in [5, 5.41) is 5.85. The zero-order chi connectivity index (χ0) is 18.1. The van der Waals surface area contributed by atoms with E-state index in [2.05, 4.69) is 76.7 Å². The predicted molar refractivity (Wildman–Crippen MR) is 113 cm³/mol. The van der Waals surface area contributed by atoms with Crippen LogP contribution in [0, 0.1) is 0 Å². The third kappa shape index (κ3) is 2.86. The summed E-state index contributed by atoms with van der Waals surface area (Å²) in [5.41, 5.74) is 2.45. The zero-order valence-electron chi connectivity index (χ0n) is 14.5. The Hall–Kier alpha value is -3.17. The van der Waals surface area contributed by atoms with E-state index >= 15 is 0 Å². The van der Waals surface area contributed by atoms with E-state index in [0.717, 1.165) is 5.03 Å². The number of hydrogen-bond donors (Lipinski definition) is 0. The van der Waals surface area contributed by atoms with Gasteiger partial charge in [0.2, 0.25) is 0 Å². The van der Waals surface area contributed by atoms with Crippen molar-refractivity contribution < 1.29 is 0 Å². The number of fused-ring (bicyclic) bond motifs is 2. The van der Waals surface area contributed by atoms with Gasteiger partial charge in [0.1, 0.15) is 5.03 Å². The fourth-order valence-corrected chi connectivity index (χ4v) is 4.56. The monoisotopic (exact) mass is 364 g/mol. The lowest BCUT2D eigenvalue weighted by molar-refractivity contribution is 1.13. The van der Waals surface area contributed by atoms with E-state index in [0.29, 0.717) is 0 Å². The first-order chi connectivity index (χ1) is 13.4. The maximum Gasteiger partial charge on any atom is 0.101 e. The van der Waals surface area contributed by atoms with E-state index in [1.807, 2.05) is 30.7 Å². The highest BCUT2D eigenvalue weighted by molar-refractivity contribution is 7.99. The number of benzene rings is 3. The molecule has 3 heteroatoms. The summed E-state index contributed by atoms with van der Waals surface area (Å²) < 4.78 is 0. The Balaban J connectivity index is 1.89. The van der Waals surface area contributed by atoms with Crippen LogP contribution in [0.4, 0.5) is 0 Å². The summed E-state index contributed by atoms with van der Waals surface area (Å²) in [5.74, 6) is 0. The number of hydrogen-bond acceptors (Lipinski definition) is 3. The molecule has 0 saturated heterocycles. The van der Waals surface area contributed by atoms with Crippen LogP contribution in [0.5, 0.6) is 0 Å². The summed E-state index contributed by atoms with van der Waals surface area (Å²) in [6, 6.07) is 27.3. The van der Waals surface area contributed by atoms with Crippen LogP contribution >= 0.6 is 11.8 Å². The Labute approximate surface area is 161 Å². The standard InChI is InChI=1S/C24H16N2S/c1-2-8-17(9-3-1)23-18-10-4-5-11-19(18)24(20-13-15-25-16-21(20)23)27-22-12-6-7-14-26-22/h1-16H. The first kappa shape index (κ1) is 16.0. The van der Waals surface area contributed by atoms with Crippen molar-refractivity contribution in [2.75, 3.05) is 0 Å². The van der Waals surface area contributed by atoms with Gasteiger partial charge in [0, 0.05) is 28.9 Å². The molecule has 0 N–H and O–H groups in total. The van der Waals surface area contributed by atoms with Crippen molar-refractivity contribution in [3.63, 3.8) is 0 Å². The summed E-state index contributed by atoms with van der Waals surface area (Å²) in [6.45, 7) is 0.